The van der Waals surface area contributed by atoms with Crippen molar-refractivity contribution in [3.8, 4) is 5.75 Å². The molecule has 0 aromatic carbocycles. The van der Waals surface area contributed by atoms with Gasteiger partial charge in [0.15, 0.2) is 0 Å². The van der Waals surface area contributed by atoms with Gasteiger partial charge in [-0.05, 0) is 13.3 Å². The van der Waals surface area contributed by atoms with Gasteiger partial charge >= 0.3 is 0 Å². The first kappa shape index (κ1) is 10.7. The van der Waals surface area contributed by atoms with Crippen LogP contribution in [0.25, 0.3) is 0 Å². The second-order valence-electron chi connectivity index (χ2n) is 3.02. The van der Waals surface area contributed by atoms with Crippen molar-refractivity contribution in [1.29, 1.82) is 0 Å². The summed E-state index contributed by atoms with van der Waals surface area (Å²) in [4.78, 5) is 4.08. The standard InChI is InChI=1S/C11H15NO2/c1-3-4-5-14-11-6-9(2)12-7-10(11)8-13/h3,6-7,13H,1,4-5,8H2,2H3. The third-order valence-electron chi connectivity index (χ3n) is 1.83. The number of rotatable bonds is 5. The summed E-state index contributed by atoms with van der Waals surface area (Å²) in [5, 5.41) is 9.03. The average Bonchev–Trinajstić information content (AvgIpc) is 2.19. The SMILES string of the molecule is C=CCCOc1cc(C)ncc1CO. The van der Waals surface area contributed by atoms with Crippen molar-refractivity contribution in [2.75, 3.05) is 6.61 Å². The van der Waals surface area contributed by atoms with E-state index in [1.54, 1.807) is 12.3 Å². The van der Waals surface area contributed by atoms with Gasteiger partial charge in [0.2, 0.25) is 0 Å². The molecule has 0 aliphatic rings. The van der Waals surface area contributed by atoms with E-state index in [9.17, 15) is 0 Å². The Labute approximate surface area is 84.1 Å². The van der Waals surface area contributed by atoms with Gasteiger partial charge in [-0.2, -0.15) is 0 Å². The third-order valence-corrected chi connectivity index (χ3v) is 1.83. The van der Waals surface area contributed by atoms with E-state index in [1.165, 1.54) is 0 Å². The minimum absolute atomic E-state index is 0.0449. The van der Waals surface area contributed by atoms with Crippen LogP contribution in [0, 0.1) is 6.92 Å². The topological polar surface area (TPSA) is 42.4 Å². The molecule has 0 aliphatic heterocycles. The summed E-state index contributed by atoms with van der Waals surface area (Å²) < 4.78 is 5.48. The zero-order valence-electron chi connectivity index (χ0n) is 8.36. The summed E-state index contributed by atoms with van der Waals surface area (Å²) in [5.74, 6) is 0.710. The third kappa shape index (κ3) is 2.85. The average molecular weight is 193 g/mol. The number of nitrogens with zero attached hydrogens (tertiary/aromatic N) is 1. The van der Waals surface area contributed by atoms with Crippen LogP contribution in [-0.2, 0) is 6.61 Å². The number of hydrogen-bond acceptors (Lipinski definition) is 3. The molecule has 0 amide bonds. The first-order valence-corrected chi connectivity index (χ1v) is 4.58. The quantitative estimate of drug-likeness (QED) is 0.573. The molecule has 1 aromatic rings. The Morgan fingerprint density at radius 1 is 1.64 bits per heavy atom. The van der Waals surface area contributed by atoms with E-state index in [0.29, 0.717) is 12.4 Å². The zero-order valence-corrected chi connectivity index (χ0v) is 8.36. The van der Waals surface area contributed by atoms with Crippen LogP contribution in [0.3, 0.4) is 0 Å². The number of ether oxygens (including phenoxy) is 1. The monoisotopic (exact) mass is 193 g/mol. The summed E-state index contributed by atoms with van der Waals surface area (Å²) in [5.41, 5.74) is 1.61. The molecule has 0 aliphatic carbocycles. The zero-order chi connectivity index (χ0) is 10.4. The van der Waals surface area contributed by atoms with Crippen LogP contribution < -0.4 is 4.74 Å². The fraction of sp³-hybridized carbons (Fsp3) is 0.364. The molecule has 0 fully saturated rings. The van der Waals surface area contributed by atoms with Gasteiger partial charge in [-0.25, -0.2) is 0 Å². The second-order valence-corrected chi connectivity index (χ2v) is 3.02. The highest BCUT2D eigenvalue weighted by molar-refractivity contribution is 5.32. The van der Waals surface area contributed by atoms with Crippen molar-refractivity contribution in [2.45, 2.75) is 20.0 Å². The van der Waals surface area contributed by atoms with Gasteiger partial charge in [-0.3, -0.25) is 4.98 Å². The predicted octanol–water partition coefficient (Wildman–Crippen LogP) is 1.84. The van der Waals surface area contributed by atoms with Crippen LogP contribution in [0.15, 0.2) is 24.9 Å². The lowest BCUT2D eigenvalue weighted by atomic mass is 10.2. The van der Waals surface area contributed by atoms with Crippen molar-refractivity contribution in [1.82, 2.24) is 4.98 Å². The maximum Gasteiger partial charge on any atom is 0.128 e. The van der Waals surface area contributed by atoms with Gasteiger partial charge in [0, 0.05) is 23.5 Å². The van der Waals surface area contributed by atoms with Gasteiger partial charge < -0.3 is 9.84 Å². The summed E-state index contributed by atoms with van der Waals surface area (Å²) >= 11 is 0. The van der Waals surface area contributed by atoms with E-state index < -0.39 is 0 Å². The first-order valence-electron chi connectivity index (χ1n) is 4.58. The number of hydrogen-bond donors (Lipinski definition) is 1. The Morgan fingerprint density at radius 3 is 3.07 bits per heavy atom. The van der Waals surface area contributed by atoms with Crippen LogP contribution in [-0.4, -0.2) is 16.7 Å². The molecule has 76 valence electrons. The van der Waals surface area contributed by atoms with Gasteiger partial charge in [-0.1, -0.05) is 6.08 Å². The molecule has 0 atom stereocenters. The molecule has 3 nitrogen and oxygen atoms in total. The molecule has 0 unspecified atom stereocenters. The van der Waals surface area contributed by atoms with E-state index in [-0.39, 0.29) is 6.61 Å². The lowest BCUT2D eigenvalue weighted by Crippen LogP contribution is -2.00. The number of pyridine rings is 1. The molecule has 14 heavy (non-hydrogen) atoms. The Morgan fingerprint density at radius 2 is 2.43 bits per heavy atom. The van der Waals surface area contributed by atoms with Crippen molar-refractivity contribution >= 4 is 0 Å². The fourth-order valence-corrected chi connectivity index (χ4v) is 1.07. The van der Waals surface area contributed by atoms with Crippen LogP contribution >= 0.6 is 0 Å². The number of aliphatic hydroxyl groups is 1. The van der Waals surface area contributed by atoms with E-state index >= 15 is 0 Å². The van der Waals surface area contributed by atoms with Gasteiger partial charge in [0.05, 0.1) is 13.2 Å². The molecule has 0 bridgehead atoms. The van der Waals surface area contributed by atoms with Crippen LogP contribution in [0.4, 0.5) is 0 Å². The lowest BCUT2D eigenvalue weighted by molar-refractivity contribution is 0.263. The van der Waals surface area contributed by atoms with Crippen molar-refractivity contribution in [2.24, 2.45) is 0 Å². The van der Waals surface area contributed by atoms with Gasteiger partial charge in [0.1, 0.15) is 5.75 Å². The van der Waals surface area contributed by atoms with Crippen LogP contribution in [0.2, 0.25) is 0 Å². The molecular formula is C11H15NO2. The highest BCUT2D eigenvalue weighted by Gasteiger charge is 2.03. The molecule has 0 radical (unpaired) electrons. The fourth-order valence-electron chi connectivity index (χ4n) is 1.07. The summed E-state index contributed by atoms with van der Waals surface area (Å²) in [6.07, 6.45) is 4.23. The Hall–Kier alpha value is -1.35. The van der Waals surface area contributed by atoms with Gasteiger partial charge in [-0.15, -0.1) is 6.58 Å². The molecule has 1 heterocycles. The molecular weight excluding hydrogens is 178 g/mol. The summed E-state index contributed by atoms with van der Waals surface area (Å²) in [6, 6.07) is 1.83. The molecule has 1 rings (SSSR count). The smallest absolute Gasteiger partial charge is 0.128 e. The Balaban J connectivity index is 2.71. The molecule has 0 spiro atoms. The number of aryl methyl sites for hydroxylation is 1. The van der Waals surface area contributed by atoms with Crippen LogP contribution in [0.5, 0.6) is 5.75 Å². The predicted molar refractivity (Wildman–Crippen MR) is 55.2 cm³/mol. The molecule has 0 saturated heterocycles. The van der Waals surface area contributed by atoms with Crippen LogP contribution in [0.1, 0.15) is 17.7 Å². The molecule has 1 N–H and O–H groups in total. The van der Waals surface area contributed by atoms with Crippen molar-refractivity contribution < 1.29 is 9.84 Å². The minimum Gasteiger partial charge on any atom is -0.493 e. The number of aromatic nitrogens is 1. The van der Waals surface area contributed by atoms with E-state index in [1.807, 2.05) is 13.0 Å². The largest absolute Gasteiger partial charge is 0.493 e. The highest BCUT2D eigenvalue weighted by atomic mass is 16.5. The second kappa shape index (κ2) is 5.40. The van der Waals surface area contributed by atoms with E-state index in [4.69, 9.17) is 9.84 Å². The van der Waals surface area contributed by atoms with Crippen molar-refractivity contribution in [3.63, 3.8) is 0 Å². The van der Waals surface area contributed by atoms with Crippen molar-refractivity contribution in [3.05, 3.63) is 36.2 Å². The Bertz CT molecular complexity index is 310. The van der Waals surface area contributed by atoms with E-state index in [0.717, 1.165) is 17.7 Å². The maximum absolute atomic E-state index is 9.03. The summed E-state index contributed by atoms with van der Waals surface area (Å²) in [7, 11) is 0. The minimum atomic E-state index is -0.0449. The molecule has 3 heteroatoms. The maximum atomic E-state index is 9.03. The van der Waals surface area contributed by atoms with E-state index in [2.05, 4.69) is 11.6 Å². The highest BCUT2D eigenvalue weighted by Crippen LogP contribution is 2.18. The Kier molecular flexibility index (Phi) is 4.13. The lowest BCUT2D eigenvalue weighted by Gasteiger charge is -2.09. The molecule has 0 saturated carbocycles. The first-order chi connectivity index (χ1) is 6.77. The summed E-state index contributed by atoms with van der Waals surface area (Å²) in [6.45, 7) is 6.04. The normalized spacial score (nSPS) is 9.86. The molecule has 1 aromatic heterocycles. The van der Waals surface area contributed by atoms with Gasteiger partial charge in [0.25, 0.3) is 0 Å². The number of aliphatic hydroxyl groups excluding tert-OH is 1.